The molecule has 3 N–H and O–H groups in total. The van der Waals surface area contributed by atoms with Gasteiger partial charge in [0.1, 0.15) is 0 Å². The molecule has 2 rings (SSSR count). The molecule has 0 amide bonds. The van der Waals surface area contributed by atoms with E-state index in [1.165, 1.54) is 11.3 Å². The van der Waals surface area contributed by atoms with Crippen LogP contribution < -0.4 is 15.4 Å². The first kappa shape index (κ1) is 22.4. The van der Waals surface area contributed by atoms with Crippen molar-refractivity contribution < 1.29 is 8.42 Å². The van der Waals surface area contributed by atoms with Gasteiger partial charge in [0, 0.05) is 25.3 Å². The van der Waals surface area contributed by atoms with Crippen LogP contribution in [0.4, 0.5) is 5.69 Å². The largest absolute Gasteiger partial charge is 0.372 e. The predicted molar refractivity (Wildman–Crippen MR) is 110 cm³/mol. The van der Waals surface area contributed by atoms with E-state index in [4.69, 9.17) is 5.14 Å². The number of rotatable bonds is 9. The van der Waals surface area contributed by atoms with Gasteiger partial charge in [-0.2, -0.15) is 0 Å². The fraction of sp³-hybridized carbons (Fsp3) is 0.368. The van der Waals surface area contributed by atoms with Crippen molar-refractivity contribution in [3.05, 3.63) is 59.7 Å². The molecule has 7 heteroatoms. The average Bonchev–Trinajstić information content (AvgIpc) is 2.60. The molecule has 0 unspecified atom stereocenters. The average molecular weight is 398 g/mol. The van der Waals surface area contributed by atoms with Crippen molar-refractivity contribution in [1.82, 2.24) is 5.32 Å². The number of sulfonamides is 1. The minimum atomic E-state index is -3.61. The molecule has 26 heavy (non-hydrogen) atoms. The number of nitrogens with two attached hydrogens (primary N) is 1. The summed E-state index contributed by atoms with van der Waals surface area (Å²) >= 11 is 0. The lowest BCUT2D eigenvalue weighted by molar-refractivity contribution is 0.597. The molecule has 2 aromatic carbocycles. The van der Waals surface area contributed by atoms with Crippen LogP contribution in [0, 0.1) is 0 Å². The SMILES string of the molecule is CCN(CC)c1ccc(CNCCc2ccc(S(N)(=O)=O)cc2)cc1.Cl. The van der Waals surface area contributed by atoms with E-state index in [0.29, 0.717) is 0 Å². The molecule has 0 aliphatic rings. The van der Waals surface area contributed by atoms with Crippen molar-refractivity contribution in [2.24, 2.45) is 5.14 Å². The molecule has 2 aromatic rings. The van der Waals surface area contributed by atoms with Gasteiger partial charge in [-0.05, 0) is 62.2 Å². The Balaban J connectivity index is 0.00000338. The summed E-state index contributed by atoms with van der Waals surface area (Å²) in [4.78, 5) is 2.47. The maximum absolute atomic E-state index is 11.2. The first-order valence-electron chi connectivity index (χ1n) is 8.60. The molecule has 0 bridgehead atoms. The molecule has 0 aliphatic heterocycles. The minimum absolute atomic E-state index is 0. The number of nitrogens with one attached hydrogen (secondary N) is 1. The molecular formula is C19H28ClN3O2S. The molecular weight excluding hydrogens is 370 g/mol. The van der Waals surface area contributed by atoms with Gasteiger partial charge in [-0.3, -0.25) is 0 Å². The summed E-state index contributed by atoms with van der Waals surface area (Å²) in [5.74, 6) is 0. The zero-order valence-corrected chi connectivity index (χ0v) is 16.9. The van der Waals surface area contributed by atoms with Crippen LogP contribution in [0.15, 0.2) is 53.4 Å². The van der Waals surface area contributed by atoms with E-state index in [1.807, 2.05) is 0 Å². The number of halogens is 1. The van der Waals surface area contributed by atoms with Crippen molar-refractivity contribution in [2.45, 2.75) is 31.7 Å². The van der Waals surface area contributed by atoms with Crippen LogP contribution in [0.3, 0.4) is 0 Å². The third-order valence-corrected chi connectivity index (χ3v) is 5.17. The van der Waals surface area contributed by atoms with Crippen LogP contribution >= 0.6 is 12.4 Å². The number of primary sulfonamides is 1. The van der Waals surface area contributed by atoms with E-state index in [-0.39, 0.29) is 17.3 Å². The number of anilines is 1. The maximum Gasteiger partial charge on any atom is 0.238 e. The quantitative estimate of drug-likeness (QED) is 0.638. The fourth-order valence-corrected chi connectivity index (χ4v) is 3.24. The highest BCUT2D eigenvalue weighted by Gasteiger charge is 2.06. The topological polar surface area (TPSA) is 75.4 Å². The third kappa shape index (κ3) is 6.61. The van der Waals surface area contributed by atoms with E-state index >= 15 is 0 Å². The molecule has 0 spiro atoms. The van der Waals surface area contributed by atoms with Crippen molar-refractivity contribution in [3.8, 4) is 0 Å². The second-order valence-corrected chi connectivity index (χ2v) is 7.52. The van der Waals surface area contributed by atoms with Crippen LogP contribution in [0.25, 0.3) is 0 Å². The lowest BCUT2D eigenvalue weighted by atomic mass is 10.1. The normalized spacial score (nSPS) is 11.0. The Morgan fingerprint density at radius 2 is 1.46 bits per heavy atom. The molecule has 0 radical (unpaired) electrons. The van der Waals surface area contributed by atoms with Crippen LogP contribution in [-0.2, 0) is 23.0 Å². The van der Waals surface area contributed by atoms with E-state index in [1.54, 1.807) is 24.3 Å². The molecule has 0 atom stereocenters. The molecule has 0 aromatic heterocycles. The van der Waals surface area contributed by atoms with Gasteiger partial charge >= 0.3 is 0 Å². The second kappa shape index (κ2) is 10.5. The van der Waals surface area contributed by atoms with Gasteiger partial charge in [0.05, 0.1) is 4.90 Å². The van der Waals surface area contributed by atoms with Gasteiger partial charge in [0.2, 0.25) is 10.0 Å². The first-order chi connectivity index (χ1) is 11.9. The zero-order chi connectivity index (χ0) is 18.3. The van der Waals surface area contributed by atoms with Gasteiger partial charge in [-0.15, -0.1) is 12.4 Å². The molecule has 0 fully saturated rings. The van der Waals surface area contributed by atoms with Crippen molar-refractivity contribution in [1.29, 1.82) is 0 Å². The zero-order valence-electron chi connectivity index (χ0n) is 15.3. The Kier molecular flexibility index (Phi) is 9.08. The van der Waals surface area contributed by atoms with E-state index < -0.39 is 10.0 Å². The van der Waals surface area contributed by atoms with Gasteiger partial charge in [0.25, 0.3) is 0 Å². The Bertz CT molecular complexity index is 758. The summed E-state index contributed by atoms with van der Waals surface area (Å²) in [6, 6.07) is 15.4. The van der Waals surface area contributed by atoms with Crippen molar-refractivity contribution in [3.63, 3.8) is 0 Å². The number of hydrogen-bond donors (Lipinski definition) is 2. The molecule has 0 saturated carbocycles. The van der Waals surface area contributed by atoms with Crippen molar-refractivity contribution in [2.75, 3.05) is 24.5 Å². The molecule has 0 aliphatic carbocycles. The number of hydrogen-bond acceptors (Lipinski definition) is 4. The number of nitrogens with zero attached hydrogens (tertiary/aromatic N) is 1. The van der Waals surface area contributed by atoms with Gasteiger partial charge in [-0.1, -0.05) is 24.3 Å². The minimum Gasteiger partial charge on any atom is -0.372 e. The maximum atomic E-state index is 11.2. The Hall–Kier alpha value is -1.60. The van der Waals surface area contributed by atoms with E-state index in [0.717, 1.165) is 38.2 Å². The summed E-state index contributed by atoms with van der Waals surface area (Å²) in [5, 5.41) is 8.51. The number of benzene rings is 2. The van der Waals surface area contributed by atoms with Gasteiger partial charge in [-0.25, -0.2) is 13.6 Å². The highest BCUT2D eigenvalue weighted by atomic mass is 35.5. The monoisotopic (exact) mass is 397 g/mol. The van der Waals surface area contributed by atoms with Crippen LogP contribution in [-0.4, -0.2) is 28.1 Å². The highest BCUT2D eigenvalue weighted by Crippen LogP contribution is 2.15. The fourth-order valence-electron chi connectivity index (χ4n) is 2.72. The predicted octanol–water partition coefficient (Wildman–Crippen LogP) is 2.93. The standard InChI is InChI=1S/C19H27N3O2S.ClH/c1-3-22(4-2)18-9-5-17(6-10-18)15-21-14-13-16-7-11-19(12-8-16)25(20,23)24;/h5-12,21H,3-4,13-15H2,1-2H3,(H2,20,23,24);1H. The Morgan fingerprint density at radius 3 is 1.96 bits per heavy atom. The molecule has 0 heterocycles. The highest BCUT2D eigenvalue weighted by molar-refractivity contribution is 7.89. The van der Waals surface area contributed by atoms with E-state index in [2.05, 4.69) is 48.3 Å². The van der Waals surface area contributed by atoms with Gasteiger partial charge < -0.3 is 10.2 Å². The van der Waals surface area contributed by atoms with Crippen LogP contribution in [0.5, 0.6) is 0 Å². The third-order valence-electron chi connectivity index (χ3n) is 4.24. The van der Waals surface area contributed by atoms with E-state index in [9.17, 15) is 8.42 Å². The summed E-state index contributed by atoms with van der Waals surface area (Å²) in [7, 11) is -3.61. The lowest BCUT2D eigenvalue weighted by Gasteiger charge is -2.21. The molecule has 0 saturated heterocycles. The summed E-state index contributed by atoms with van der Waals surface area (Å²) in [5.41, 5.74) is 3.58. The Morgan fingerprint density at radius 1 is 0.923 bits per heavy atom. The molecule has 5 nitrogen and oxygen atoms in total. The summed E-state index contributed by atoms with van der Waals surface area (Å²) in [6.07, 6.45) is 0.836. The smallest absolute Gasteiger partial charge is 0.238 e. The van der Waals surface area contributed by atoms with Crippen LogP contribution in [0.1, 0.15) is 25.0 Å². The van der Waals surface area contributed by atoms with Crippen LogP contribution in [0.2, 0.25) is 0 Å². The second-order valence-electron chi connectivity index (χ2n) is 5.95. The van der Waals surface area contributed by atoms with Gasteiger partial charge in [0.15, 0.2) is 0 Å². The lowest BCUT2D eigenvalue weighted by Crippen LogP contribution is -2.21. The first-order valence-corrected chi connectivity index (χ1v) is 10.1. The van der Waals surface area contributed by atoms with Crippen molar-refractivity contribution >= 4 is 28.1 Å². The summed E-state index contributed by atoms with van der Waals surface area (Å²) in [6.45, 7) is 7.99. The molecule has 144 valence electrons. The summed E-state index contributed by atoms with van der Waals surface area (Å²) < 4.78 is 22.5. The Labute approximate surface area is 163 Å².